The van der Waals surface area contributed by atoms with E-state index in [0.29, 0.717) is 35.1 Å². The van der Waals surface area contributed by atoms with Crippen molar-refractivity contribution in [1.82, 2.24) is 30.4 Å². The molecule has 32 heavy (non-hydrogen) atoms. The zero-order valence-electron chi connectivity index (χ0n) is 18.3. The Bertz CT molecular complexity index is 1190. The number of carbonyl (C=O) groups is 1. The predicted molar refractivity (Wildman–Crippen MR) is 115 cm³/mol. The first-order chi connectivity index (χ1) is 15.4. The molecule has 0 aliphatic carbocycles. The molecule has 2 N–H and O–H groups in total. The summed E-state index contributed by atoms with van der Waals surface area (Å²) < 4.78 is 17.5. The van der Waals surface area contributed by atoms with Crippen molar-refractivity contribution in [2.24, 2.45) is 5.10 Å². The summed E-state index contributed by atoms with van der Waals surface area (Å²) in [7, 11) is 3.03. The number of H-pyrrole nitrogens is 1. The number of aromatic amines is 1. The van der Waals surface area contributed by atoms with Crippen LogP contribution >= 0.6 is 0 Å². The molecule has 3 rings (SSSR count). The van der Waals surface area contributed by atoms with Crippen molar-refractivity contribution in [2.75, 3.05) is 20.8 Å². The lowest BCUT2D eigenvalue weighted by Gasteiger charge is -2.14. The number of hydrogen-bond acceptors (Lipinski definition) is 9. The van der Waals surface area contributed by atoms with Crippen LogP contribution in [-0.2, 0) is 0 Å². The minimum atomic E-state index is -0.560. The Kier molecular flexibility index (Phi) is 6.83. The number of carbonyl (C=O) groups excluding carboxylic acids is 1. The van der Waals surface area contributed by atoms with E-state index in [-0.39, 0.29) is 17.3 Å². The molecule has 0 aliphatic heterocycles. The summed E-state index contributed by atoms with van der Waals surface area (Å²) in [4.78, 5) is 27.1. The van der Waals surface area contributed by atoms with Gasteiger partial charge in [-0.15, -0.1) is 10.2 Å². The molecule has 3 aromatic rings. The Morgan fingerprint density at radius 2 is 1.88 bits per heavy atom. The molecular formula is C20H23N7O5. The van der Waals surface area contributed by atoms with Crippen molar-refractivity contribution in [2.45, 2.75) is 20.8 Å². The first-order valence-corrected chi connectivity index (χ1v) is 9.60. The summed E-state index contributed by atoms with van der Waals surface area (Å²) in [6.07, 6.45) is 1.43. The van der Waals surface area contributed by atoms with Gasteiger partial charge in [0.2, 0.25) is 5.75 Å². The van der Waals surface area contributed by atoms with Gasteiger partial charge in [-0.2, -0.15) is 14.9 Å². The van der Waals surface area contributed by atoms with E-state index in [1.54, 1.807) is 19.1 Å². The highest BCUT2D eigenvalue weighted by Gasteiger charge is 2.17. The van der Waals surface area contributed by atoms with Crippen molar-refractivity contribution < 1.29 is 19.0 Å². The smallest absolute Gasteiger partial charge is 0.290 e. The van der Waals surface area contributed by atoms with E-state index in [1.807, 2.05) is 6.92 Å². The number of nitrogens with one attached hydrogen (secondary N) is 2. The molecule has 0 unspecified atom stereocenters. The quantitative estimate of drug-likeness (QED) is 0.391. The largest absolute Gasteiger partial charge is 0.493 e. The van der Waals surface area contributed by atoms with Crippen molar-refractivity contribution >= 4 is 12.1 Å². The molecule has 0 aliphatic rings. The van der Waals surface area contributed by atoms with E-state index >= 15 is 0 Å². The fourth-order valence-electron chi connectivity index (χ4n) is 2.79. The lowest BCUT2D eigenvalue weighted by Crippen LogP contribution is -2.24. The number of methoxy groups -OCH3 is 2. The fourth-order valence-corrected chi connectivity index (χ4v) is 2.79. The average molecular weight is 441 g/mol. The van der Waals surface area contributed by atoms with Gasteiger partial charge in [0.25, 0.3) is 17.4 Å². The van der Waals surface area contributed by atoms with Crippen LogP contribution < -0.4 is 25.2 Å². The lowest BCUT2D eigenvalue weighted by molar-refractivity contribution is 0.0947. The third kappa shape index (κ3) is 4.74. The maximum Gasteiger partial charge on any atom is 0.290 e. The molecule has 0 atom stereocenters. The molecular weight excluding hydrogens is 418 g/mol. The van der Waals surface area contributed by atoms with Gasteiger partial charge in [-0.25, -0.2) is 5.43 Å². The van der Waals surface area contributed by atoms with Gasteiger partial charge in [-0.1, -0.05) is 0 Å². The van der Waals surface area contributed by atoms with Gasteiger partial charge >= 0.3 is 0 Å². The van der Waals surface area contributed by atoms with E-state index in [0.717, 1.165) is 0 Å². The molecule has 0 spiro atoms. The van der Waals surface area contributed by atoms with Gasteiger partial charge < -0.3 is 14.2 Å². The van der Waals surface area contributed by atoms with Gasteiger partial charge in [0.1, 0.15) is 11.4 Å². The minimum absolute atomic E-state index is 0.0174. The normalized spacial score (nSPS) is 10.9. The maximum absolute atomic E-state index is 12.7. The summed E-state index contributed by atoms with van der Waals surface area (Å²) in [5.74, 6) is 0.870. The molecule has 0 bridgehead atoms. The summed E-state index contributed by atoms with van der Waals surface area (Å²) in [5, 5.41) is 15.9. The van der Waals surface area contributed by atoms with Crippen LogP contribution in [0.4, 0.5) is 0 Å². The van der Waals surface area contributed by atoms with Gasteiger partial charge in [0.15, 0.2) is 11.5 Å². The molecule has 0 saturated carbocycles. The first-order valence-electron chi connectivity index (χ1n) is 9.60. The number of amides is 1. The van der Waals surface area contributed by atoms with Gasteiger partial charge in [0.05, 0.1) is 32.7 Å². The van der Waals surface area contributed by atoms with Gasteiger partial charge in [0, 0.05) is 5.56 Å². The molecule has 2 heterocycles. The van der Waals surface area contributed by atoms with Crippen LogP contribution in [0, 0.1) is 13.8 Å². The number of rotatable bonds is 8. The fraction of sp³-hybridized carbons (Fsp3) is 0.300. The highest BCUT2D eigenvalue weighted by molar-refractivity contribution is 5.94. The Balaban J connectivity index is 1.84. The predicted octanol–water partition coefficient (Wildman–Crippen LogP) is 1.15. The van der Waals surface area contributed by atoms with Crippen LogP contribution in [-0.4, -0.2) is 57.9 Å². The Morgan fingerprint density at radius 1 is 1.19 bits per heavy atom. The van der Waals surface area contributed by atoms with E-state index in [9.17, 15) is 9.59 Å². The van der Waals surface area contributed by atoms with Crippen molar-refractivity contribution in [3.05, 3.63) is 51.2 Å². The molecule has 0 saturated heterocycles. The third-order valence-electron chi connectivity index (χ3n) is 4.26. The summed E-state index contributed by atoms with van der Waals surface area (Å²) in [5.41, 5.74) is 3.48. The van der Waals surface area contributed by atoms with Crippen molar-refractivity contribution in [3.63, 3.8) is 0 Å². The third-order valence-corrected chi connectivity index (χ3v) is 4.26. The summed E-state index contributed by atoms with van der Waals surface area (Å²) >= 11 is 0. The Hall–Kier alpha value is -4.22. The second kappa shape index (κ2) is 9.73. The molecule has 168 valence electrons. The second-order valence-electron chi connectivity index (χ2n) is 6.53. The van der Waals surface area contributed by atoms with E-state index in [4.69, 9.17) is 14.2 Å². The molecule has 0 fully saturated rings. The highest BCUT2D eigenvalue weighted by atomic mass is 16.5. The number of benzene rings is 1. The number of nitrogens with zero attached hydrogens (tertiary/aromatic N) is 5. The number of ether oxygens (including phenoxy) is 3. The van der Waals surface area contributed by atoms with Crippen LogP contribution in [0.5, 0.6) is 17.2 Å². The number of hydrazone groups is 1. The zero-order chi connectivity index (χ0) is 23.3. The second-order valence-corrected chi connectivity index (χ2v) is 6.53. The molecule has 1 aromatic carbocycles. The standard InChI is InChI=1S/C20H23N7O5/c1-6-32-17-15(30-4)8-13(9-16(17)31-5)10-21-24-19(29)14-7-11(2)26-27(14)20-22-18(28)12(3)23-25-20/h7-10H,6H2,1-5H3,(H,24,29)(H,22,25,28)/b21-10-. The van der Waals surface area contributed by atoms with Gasteiger partial charge in [-0.05, 0) is 39.0 Å². The van der Waals surface area contributed by atoms with Crippen LogP contribution in [0.25, 0.3) is 5.95 Å². The maximum atomic E-state index is 12.7. The molecule has 0 radical (unpaired) electrons. The van der Waals surface area contributed by atoms with Crippen molar-refractivity contribution in [1.29, 1.82) is 0 Å². The monoisotopic (exact) mass is 441 g/mol. The topological polar surface area (TPSA) is 146 Å². The average Bonchev–Trinajstić information content (AvgIpc) is 3.18. The summed E-state index contributed by atoms with van der Waals surface area (Å²) in [6, 6.07) is 4.93. The van der Waals surface area contributed by atoms with Crippen LogP contribution in [0.15, 0.2) is 28.1 Å². The Labute approximate surface area is 183 Å². The SMILES string of the molecule is CCOc1c(OC)cc(/C=N\NC(=O)c2cc(C)nn2-c2nnc(C)c(=O)[nH]2)cc1OC. The van der Waals surface area contributed by atoms with Gasteiger partial charge in [-0.3, -0.25) is 14.6 Å². The summed E-state index contributed by atoms with van der Waals surface area (Å²) in [6.45, 7) is 5.53. The minimum Gasteiger partial charge on any atom is -0.493 e. The zero-order valence-corrected chi connectivity index (χ0v) is 18.3. The number of aromatic nitrogens is 5. The van der Waals surface area contributed by atoms with Crippen LogP contribution in [0.2, 0.25) is 0 Å². The molecule has 2 aromatic heterocycles. The van der Waals surface area contributed by atoms with Crippen LogP contribution in [0.3, 0.4) is 0 Å². The Morgan fingerprint density at radius 3 is 2.47 bits per heavy atom. The van der Waals surface area contributed by atoms with E-state index in [1.165, 1.54) is 38.1 Å². The van der Waals surface area contributed by atoms with E-state index < -0.39 is 11.5 Å². The molecule has 12 nitrogen and oxygen atoms in total. The van der Waals surface area contributed by atoms with E-state index in [2.05, 4.69) is 30.8 Å². The number of hydrogen-bond donors (Lipinski definition) is 2. The number of aryl methyl sites for hydroxylation is 2. The lowest BCUT2D eigenvalue weighted by atomic mass is 10.2. The van der Waals surface area contributed by atoms with Crippen molar-refractivity contribution in [3.8, 4) is 23.2 Å². The van der Waals surface area contributed by atoms with Crippen LogP contribution in [0.1, 0.15) is 34.4 Å². The first kappa shape index (κ1) is 22.5. The molecule has 12 heteroatoms. The highest BCUT2D eigenvalue weighted by Crippen LogP contribution is 2.38. The molecule has 1 amide bonds.